The molecule has 1 aromatic heterocycles. The van der Waals surface area contributed by atoms with Crippen LogP contribution in [0.25, 0.3) is 0 Å². The van der Waals surface area contributed by atoms with E-state index in [-0.39, 0.29) is 11.6 Å². The van der Waals surface area contributed by atoms with Crippen LogP contribution in [0.5, 0.6) is 11.5 Å². The molecule has 0 bridgehead atoms. The maximum Gasteiger partial charge on any atom is 0.332 e. The third-order valence-corrected chi connectivity index (χ3v) is 6.35. The lowest BCUT2D eigenvalue weighted by Crippen LogP contribution is -2.43. The van der Waals surface area contributed by atoms with Gasteiger partial charge in [0.1, 0.15) is 5.82 Å². The lowest BCUT2D eigenvalue weighted by atomic mass is 9.76. The van der Waals surface area contributed by atoms with Crippen LogP contribution < -0.4 is 20.7 Å². The highest BCUT2D eigenvalue weighted by atomic mass is 16.5. The zero-order valence-electron chi connectivity index (χ0n) is 18.1. The SMILES string of the molecule is COc1ccc([C@@H]2c3c(n(C)c(=O)n(C)c3=O)N=C3c4ccccc4C(=O)[C@@H]32)cc1OC. The Labute approximate surface area is 183 Å². The lowest BCUT2D eigenvalue weighted by Gasteiger charge is -2.30. The Bertz CT molecular complexity index is 1450. The summed E-state index contributed by atoms with van der Waals surface area (Å²) in [6.45, 7) is 0. The van der Waals surface area contributed by atoms with Gasteiger partial charge in [0.05, 0.1) is 31.4 Å². The summed E-state index contributed by atoms with van der Waals surface area (Å²) in [5, 5.41) is 0. The van der Waals surface area contributed by atoms with Crippen LogP contribution in [0.2, 0.25) is 0 Å². The number of carbonyl (C=O) groups excluding carboxylic acids is 1. The number of Topliss-reactive ketones (excluding diaryl/α,β-unsaturated/α-hetero) is 1. The van der Waals surface area contributed by atoms with E-state index >= 15 is 0 Å². The minimum Gasteiger partial charge on any atom is -0.493 e. The van der Waals surface area contributed by atoms with Crippen molar-refractivity contribution in [1.82, 2.24) is 9.13 Å². The predicted molar refractivity (Wildman–Crippen MR) is 119 cm³/mol. The number of rotatable bonds is 3. The summed E-state index contributed by atoms with van der Waals surface area (Å²) in [7, 11) is 6.09. The molecule has 32 heavy (non-hydrogen) atoms. The summed E-state index contributed by atoms with van der Waals surface area (Å²) < 4.78 is 13.2. The summed E-state index contributed by atoms with van der Waals surface area (Å²) in [6, 6.07) is 12.6. The molecule has 5 rings (SSSR count). The third-order valence-electron chi connectivity index (χ3n) is 6.35. The molecule has 0 spiro atoms. The van der Waals surface area contributed by atoms with E-state index in [1.165, 1.54) is 18.7 Å². The smallest absolute Gasteiger partial charge is 0.332 e. The Kier molecular flexibility index (Phi) is 4.40. The number of nitrogens with zero attached hydrogens (tertiary/aromatic N) is 3. The highest BCUT2D eigenvalue weighted by molar-refractivity contribution is 6.30. The number of methoxy groups -OCH3 is 2. The van der Waals surface area contributed by atoms with Gasteiger partial charge < -0.3 is 9.47 Å². The first-order valence-corrected chi connectivity index (χ1v) is 10.1. The van der Waals surface area contributed by atoms with E-state index in [1.807, 2.05) is 24.3 Å². The molecule has 3 aromatic rings. The van der Waals surface area contributed by atoms with Gasteiger partial charge in [-0.3, -0.25) is 18.7 Å². The van der Waals surface area contributed by atoms with Crippen molar-refractivity contribution < 1.29 is 14.3 Å². The first kappa shape index (κ1) is 20.0. The first-order valence-electron chi connectivity index (χ1n) is 10.1. The summed E-state index contributed by atoms with van der Waals surface area (Å²) in [4.78, 5) is 44.2. The highest BCUT2D eigenvalue weighted by Gasteiger charge is 2.47. The van der Waals surface area contributed by atoms with Crippen molar-refractivity contribution in [3.63, 3.8) is 0 Å². The molecular weight excluding hydrogens is 410 g/mol. The Balaban J connectivity index is 1.87. The molecule has 1 aliphatic carbocycles. The van der Waals surface area contributed by atoms with Crippen LogP contribution in [0.1, 0.15) is 33.0 Å². The second kappa shape index (κ2) is 7.05. The molecule has 162 valence electrons. The minimum absolute atomic E-state index is 0.0966. The fourth-order valence-corrected chi connectivity index (χ4v) is 4.77. The number of carbonyl (C=O) groups is 1. The number of hydrogen-bond donors (Lipinski definition) is 0. The average molecular weight is 431 g/mol. The van der Waals surface area contributed by atoms with Crippen LogP contribution in [0, 0.1) is 5.92 Å². The Hall–Kier alpha value is -3.94. The zero-order chi connectivity index (χ0) is 22.7. The molecule has 0 fully saturated rings. The molecule has 0 radical (unpaired) electrons. The van der Waals surface area contributed by atoms with Gasteiger partial charge in [-0.2, -0.15) is 0 Å². The molecular formula is C24H21N3O5. The molecule has 1 aliphatic heterocycles. The monoisotopic (exact) mass is 431 g/mol. The van der Waals surface area contributed by atoms with Gasteiger partial charge in [0.2, 0.25) is 0 Å². The van der Waals surface area contributed by atoms with Crippen molar-refractivity contribution >= 4 is 17.3 Å². The standard InChI is InChI=1S/C24H21N3O5/c1-26-22-19(23(29)27(2)24(26)30)17(12-9-10-15(31-3)16(11-12)32-4)18-20(25-22)13-7-5-6-8-14(13)21(18)28/h5-11,17-18H,1-4H3/t17-,18+/m0/s1. The normalized spacial score (nSPS) is 18.5. The van der Waals surface area contributed by atoms with Crippen molar-refractivity contribution in [2.24, 2.45) is 25.0 Å². The van der Waals surface area contributed by atoms with Crippen molar-refractivity contribution in [2.75, 3.05) is 14.2 Å². The number of ketones is 1. The second-order valence-electron chi connectivity index (χ2n) is 7.92. The molecule has 0 N–H and O–H groups in total. The zero-order valence-corrected chi connectivity index (χ0v) is 18.1. The average Bonchev–Trinajstić information content (AvgIpc) is 3.11. The summed E-state index contributed by atoms with van der Waals surface area (Å²) in [5.74, 6) is -0.115. The fourth-order valence-electron chi connectivity index (χ4n) is 4.77. The molecule has 0 saturated carbocycles. The van der Waals surface area contributed by atoms with E-state index < -0.39 is 23.1 Å². The number of hydrogen-bond acceptors (Lipinski definition) is 6. The van der Waals surface area contributed by atoms with Crippen LogP contribution in [0.3, 0.4) is 0 Å². The van der Waals surface area contributed by atoms with Gasteiger partial charge in [0.25, 0.3) is 5.56 Å². The fraction of sp³-hybridized carbons (Fsp3) is 0.250. The van der Waals surface area contributed by atoms with E-state index in [1.54, 1.807) is 32.4 Å². The molecule has 2 aliphatic rings. The van der Waals surface area contributed by atoms with Gasteiger partial charge >= 0.3 is 5.69 Å². The van der Waals surface area contributed by atoms with E-state index in [2.05, 4.69) is 0 Å². The number of aliphatic imine (C=N–C) groups is 1. The summed E-state index contributed by atoms with van der Waals surface area (Å²) in [6.07, 6.45) is 0. The van der Waals surface area contributed by atoms with Crippen LogP contribution in [0.4, 0.5) is 5.82 Å². The molecule has 2 aromatic carbocycles. The van der Waals surface area contributed by atoms with Crippen molar-refractivity contribution in [1.29, 1.82) is 0 Å². The highest BCUT2D eigenvalue weighted by Crippen LogP contribution is 2.47. The maximum absolute atomic E-state index is 13.5. The van der Waals surface area contributed by atoms with Gasteiger partial charge in [0.15, 0.2) is 17.3 Å². The largest absolute Gasteiger partial charge is 0.493 e. The molecule has 0 unspecified atom stereocenters. The molecule has 8 nitrogen and oxygen atoms in total. The van der Waals surface area contributed by atoms with Gasteiger partial charge in [0, 0.05) is 31.1 Å². The van der Waals surface area contributed by atoms with E-state index in [9.17, 15) is 14.4 Å². The van der Waals surface area contributed by atoms with Crippen molar-refractivity contribution in [2.45, 2.75) is 5.92 Å². The van der Waals surface area contributed by atoms with Crippen LogP contribution in [0.15, 0.2) is 57.0 Å². The lowest BCUT2D eigenvalue weighted by molar-refractivity contribution is 0.0953. The summed E-state index contributed by atoms with van der Waals surface area (Å²) >= 11 is 0. The first-order chi connectivity index (χ1) is 15.4. The van der Waals surface area contributed by atoms with Crippen LogP contribution >= 0.6 is 0 Å². The molecule has 0 saturated heterocycles. The quantitative estimate of drug-likeness (QED) is 0.634. The van der Waals surface area contributed by atoms with Crippen molar-refractivity contribution in [3.05, 3.63) is 85.6 Å². The maximum atomic E-state index is 13.5. The number of ether oxygens (including phenoxy) is 2. The third kappa shape index (κ3) is 2.55. The van der Waals surface area contributed by atoms with Gasteiger partial charge in [-0.15, -0.1) is 0 Å². The predicted octanol–water partition coefficient (Wildman–Crippen LogP) is 2.18. The van der Waals surface area contributed by atoms with Crippen LogP contribution in [-0.2, 0) is 14.1 Å². The Morgan fingerprint density at radius 3 is 2.22 bits per heavy atom. The second-order valence-corrected chi connectivity index (χ2v) is 7.92. The van der Waals surface area contributed by atoms with E-state index in [0.717, 1.165) is 10.1 Å². The van der Waals surface area contributed by atoms with Gasteiger partial charge in [-0.05, 0) is 17.7 Å². The van der Waals surface area contributed by atoms with Crippen molar-refractivity contribution in [3.8, 4) is 11.5 Å². The van der Waals surface area contributed by atoms with Crippen LogP contribution in [-0.4, -0.2) is 34.8 Å². The summed E-state index contributed by atoms with van der Waals surface area (Å²) in [5.41, 5.74) is 1.95. The number of fused-ring (bicyclic) bond motifs is 4. The Morgan fingerprint density at radius 2 is 1.53 bits per heavy atom. The number of aromatic nitrogens is 2. The van der Waals surface area contributed by atoms with E-state index in [4.69, 9.17) is 14.5 Å². The minimum atomic E-state index is -0.678. The Morgan fingerprint density at radius 1 is 0.844 bits per heavy atom. The van der Waals surface area contributed by atoms with Gasteiger partial charge in [-0.1, -0.05) is 30.3 Å². The molecule has 2 heterocycles. The van der Waals surface area contributed by atoms with Gasteiger partial charge in [-0.25, -0.2) is 9.79 Å². The number of benzene rings is 2. The van der Waals surface area contributed by atoms with E-state index in [0.29, 0.717) is 33.9 Å². The molecule has 2 atom stereocenters. The molecule has 8 heteroatoms. The topological polar surface area (TPSA) is 91.9 Å². The molecule has 0 amide bonds.